The number of hydrogen-bond donors (Lipinski definition) is 2. The average molecular weight is 349 g/mol. The summed E-state index contributed by atoms with van der Waals surface area (Å²) in [6.45, 7) is 1.03. The highest BCUT2D eigenvalue weighted by atomic mass is 35.5. The number of hydrogen-bond acceptors (Lipinski definition) is 6. The summed E-state index contributed by atoms with van der Waals surface area (Å²) < 4.78 is 34.9. The van der Waals surface area contributed by atoms with Gasteiger partial charge in [-0.25, -0.2) is 13.2 Å². The Morgan fingerprint density at radius 2 is 1.91 bits per heavy atom. The molecule has 120 valence electrons. The number of sulfone groups is 1. The molecule has 8 nitrogen and oxygen atoms in total. The number of carbonyl (C=O) groups is 2. The van der Waals surface area contributed by atoms with Gasteiger partial charge >= 0.3 is 6.03 Å². The van der Waals surface area contributed by atoms with Crippen LogP contribution < -0.4 is 20.1 Å². The Balaban J connectivity index is 2.26. The number of benzene rings is 1. The molecule has 3 amide bonds. The fourth-order valence-corrected chi connectivity index (χ4v) is 3.55. The SMILES string of the molecule is COc1cccc(O[C@H](Cl)S(=O)(=O)[C@]2(C)NC(=O)NC2=O)c1. The minimum absolute atomic E-state index is 0.135. The molecule has 1 saturated heterocycles. The van der Waals surface area contributed by atoms with E-state index in [1.807, 2.05) is 10.6 Å². The van der Waals surface area contributed by atoms with Crippen LogP contribution >= 0.6 is 11.6 Å². The zero-order valence-corrected chi connectivity index (χ0v) is 13.2. The predicted molar refractivity (Wildman–Crippen MR) is 77.3 cm³/mol. The smallest absolute Gasteiger partial charge is 0.323 e. The topological polar surface area (TPSA) is 111 Å². The molecule has 1 aromatic rings. The van der Waals surface area contributed by atoms with Gasteiger partial charge in [-0.2, -0.15) is 0 Å². The van der Waals surface area contributed by atoms with Crippen molar-refractivity contribution in [3.8, 4) is 11.5 Å². The van der Waals surface area contributed by atoms with Crippen LogP contribution in [0.1, 0.15) is 6.92 Å². The van der Waals surface area contributed by atoms with E-state index in [4.69, 9.17) is 21.1 Å². The van der Waals surface area contributed by atoms with Crippen molar-refractivity contribution in [3.63, 3.8) is 0 Å². The molecule has 2 N–H and O–H groups in total. The predicted octanol–water partition coefficient (Wildman–Crippen LogP) is 0.567. The molecule has 1 aromatic carbocycles. The van der Waals surface area contributed by atoms with Gasteiger partial charge in [-0.3, -0.25) is 10.1 Å². The summed E-state index contributed by atoms with van der Waals surface area (Å²) in [7, 11) is -2.94. The Bertz CT molecular complexity index is 722. The second-order valence-corrected chi connectivity index (χ2v) is 7.55. The van der Waals surface area contributed by atoms with Crippen molar-refractivity contribution in [2.75, 3.05) is 7.11 Å². The van der Waals surface area contributed by atoms with Crippen molar-refractivity contribution in [2.45, 2.75) is 16.7 Å². The van der Waals surface area contributed by atoms with Gasteiger partial charge in [0, 0.05) is 6.07 Å². The molecule has 1 aliphatic heterocycles. The number of urea groups is 1. The molecule has 0 aromatic heterocycles. The number of imide groups is 1. The molecule has 0 saturated carbocycles. The number of halogens is 1. The van der Waals surface area contributed by atoms with Gasteiger partial charge in [-0.15, -0.1) is 0 Å². The van der Waals surface area contributed by atoms with E-state index in [-0.39, 0.29) is 5.75 Å². The molecule has 0 unspecified atom stereocenters. The standard InChI is InChI=1S/C12H13ClN2O6S/c1-12(9(16)14-11(17)15-12)22(18,19)10(13)21-8-5-3-4-7(6-8)20-2/h3-6,10H,1-2H3,(H2,14,15,16,17)/t10-,12-/m0/s1. The van der Waals surface area contributed by atoms with Crippen molar-refractivity contribution in [1.29, 1.82) is 0 Å². The first-order chi connectivity index (χ1) is 10.2. The number of carbonyl (C=O) groups excluding carboxylic acids is 2. The molecular weight excluding hydrogens is 336 g/mol. The second kappa shape index (κ2) is 5.65. The second-order valence-electron chi connectivity index (χ2n) is 4.56. The number of rotatable bonds is 5. The van der Waals surface area contributed by atoms with Crippen LogP contribution in [0.3, 0.4) is 0 Å². The minimum atomic E-state index is -4.38. The molecule has 22 heavy (non-hydrogen) atoms. The van der Waals surface area contributed by atoms with Crippen molar-refractivity contribution >= 4 is 33.4 Å². The lowest BCUT2D eigenvalue weighted by atomic mass is 10.3. The van der Waals surface area contributed by atoms with Crippen LogP contribution in [0.2, 0.25) is 0 Å². The van der Waals surface area contributed by atoms with Gasteiger partial charge in [0.25, 0.3) is 10.8 Å². The number of methoxy groups -OCH3 is 1. The first-order valence-electron chi connectivity index (χ1n) is 6.02. The van der Waals surface area contributed by atoms with Crippen molar-refractivity contribution in [3.05, 3.63) is 24.3 Å². The maximum Gasteiger partial charge on any atom is 0.323 e. The van der Waals surface area contributed by atoms with E-state index < -0.39 is 31.5 Å². The Kier molecular flexibility index (Phi) is 4.21. The van der Waals surface area contributed by atoms with E-state index in [2.05, 4.69) is 0 Å². The summed E-state index contributed by atoms with van der Waals surface area (Å²) in [4.78, 5) is 18.8. The largest absolute Gasteiger partial charge is 0.497 e. The maximum absolute atomic E-state index is 12.4. The van der Waals surface area contributed by atoms with Crippen LogP contribution in [-0.4, -0.2) is 37.2 Å². The van der Waals surface area contributed by atoms with E-state index in [9.17, 15) is 18.0 Å². The molecule has 1 heterocycles. The average Bonchev–Trinajstić information content (AvgIpc) is 2.73. The van der Waals surface area contributed by atoms with Gasteiger partial charge in [-0.1, -0.05) is 17.7 Å². The minimum Gasteiger partial charge on any atom is -0.497 e. The van der Waals surface area contributed by atoms with Crippen LogP contribution in [0, 0.1) is 0 Å². The van der Waals surface area contributed by atoms with E-state index in [1.165, 1.54) is 19.2 Å². The van der Waals surface area contributed by atoms with Crippen molar-refractivity contribution in [2.24, 2.45) is 0 Å². The summed E-state index contributed by atoms with van der Waals surface area (Å²) in [6, 6.07) is 5.21. The van der Waals surface area contributed by atoms with Gasteiger partial charge in [-0.05, 0) is 19.1 Å². The third-order valence-electron chi connectivity index (χ3n) is 3.10. The van der Waals surface area contributed by atoms with Crippen LogP contribution in [0.25, 0.3) is 0 Å². The number of nitrogens with one attached hydrogen (secondary N) is 2. The van der Waals surface area contributed by atoms with E-state index in [0.717, 1.165) is 6.92 Å². The molecular formula is C12H13ClN2O6S. The molecule has 1 aliphatic rings. The molecule has 2 atom stereocenters. The number of alkyl halides is 1. The Morgan fingerprint density at radius 1 is 1.27 bits per heavy atom. The Labute approximate surface area is 131 Å². The quantitative estimate of drug-likeness (QED) is 0.594. The molecule has 1 fully saturated rings. The Hall–Kier alpha value is -2.00. The van der Waals surface area contributed by atoms with Gasteiger partial charge in [0.15, 0.2) is 0 Å². The highest BCUT2D eigenvalue weighted by molar-refractivity contribution is 7.95. The number of ether oxygens (including phenoxy) is 2. The molecule has 0 bridgehead atoms. The summed E-state index contributed by atoms with van der Waals surface area (Å²) >= 11 is 5.80. The van der Waals surface area contributed by atoms with Crippen molar-refractivity contribution in [1.82, 2.24) is 10.6 Å². The fourth-order valence-electron chi connectivity index (χ4n) is 1.76. The number of amides is 3. The fraction of sp³-hybridized carbons (Fsp3) is 0.333. The van der Waals surface area contributed by atoms with Crippen LogP contribution in [-0.2, 0) is 14.6 Å². The molecule has 0 aliphatic carbocycles. The normalized spacial score (nSPS) is 22.7. The lowest BCUT2D eigenvalue weighted by Gasteiger charge is -2.24. The van der Waals surface area contributed by atoms with Gasteiger partial charge < -0.3 is 14.8 Å². The summed E-state index contributed by atoms with van der Waals surface area (Å²) in [5, 5.41) is 3.88. The monoisotopic (exact) mass is 348 g/mol. The highest BCUT2D eigenvalue weighted by Gasteiger charge is 2.56. The summed E-state index contributed by atoms with van der Waals surface area (Å²) in [5.74, 6) is -0.439. The lowest BCUT2D eigenvalue weighted by Crippen LogP contribution is -2.54. The third kappa shape index (κ3) is 2.69. The molecule has 0 spiro atoms. The first-order valence-corrected chi connectivity index (χ1v) is 8.01. The van der Waals surface area contributed by atoms with Gasteiger partial charge in [0.1, 0.15) is 11.5 Å². The highest BCUT2D eigenvalue weighted by Crippen LogP contribution is 2.28. The summed E-state index contributed by atoms with van der Waals surface area (Å²) in [5.41, 5.74) is 0. The Morgan fingerprint density at radius 3 is 2.45 bits per heavy atom. The maximum atomic E-state index is 12.4. The van der Waals surface area contributed by atoms with Crippen LogP contribution in [0.15, 0.2) is 24.3 Å². The van der Waals surface area contributed by atoms with E-state index in [1.54, 1.807) is 12.1 Å². The van der Waals surface area contributed by atoms with Crippen LogP contribution in [0.5, 0.6) is 11.5 Å². The first kappa shape index (κ1) is 16.4. The lowest BCUT2D eigenvalue weighted by molar-refractivity contribution is -0.120. The van der Waals surface area contributed by atoms with Crippen LogP contribution in [0.4, 0.5) is 4.79 Å². The summed E-state index contributed by atoms with van der Waals surface area (Å²) in [6.07, 6.45) is 0. The molecule has 2 rings (SSSR count). The zero-order valence-electron chi connectivity index (χ0n) is 11.6. The molecule has 0 radical (unpaired) electrons. The van der Waals surface area contributed by atoms with E-state index in [0.29, 0.717) is 5.75 Å². The molecule has 10 heteroatoms. The zero-order chi connectivity index (χ0) is 16.5. The van der Waals surface area contributed by atoms with Crippen molar-refractivity contribution < 1.29 is 27.5 Å². The van der Waals surface area contributed by atoms with Gasteiger partial charge in [0.2, 0.25) is 14.7 Å². The van der Waals surface area contributed by atoms with E-state index >= 15 is 0 Å². The van der Waals surface area contributed by atoms with Gasteiger partial charge in [0.05, 0.1) is 7.11 Å². The third-order valence-corrected chi connectivity index (χ3v) is 5.90.